The summed E-state index contributed by atoms with van der Waals surface area (Å²) in [7, 11) is 0. The van der Waals surface area contributed by atoms with Crippen LogP contribution in [-0.4, -0.2) is 28.7 Å². The van der Waals surface area contributed by atoms with Crippen LogP contribution in [-0.2, 0) is 0 Å². The van der Waals surface area contributed by atoms with Gasteiger partial charge in [0.15, 0.2) is 0 Å². The number of nitrogens with two attached hydrogens (primary N) is 1. The van der Waals surface area contributed by atoms with Gasteiger partial charge in [-0.3, -0.25) is 0 Å². The number of hydrazine groups is 1. The SMILES string of the molecule is Cc1nc(NN)c(C)c(N(CC(F)(F)F)C(C)C)n1. The van der Waals surface area contributed by atoms with Gasteiger partial charge in [0.25, 0.3) is 0 Å². The van der Waals surface area contributed by atoms with Gasteiger partial charge in [-0.05, 0) is 27.7 Å². The molecule has 1 aromatic rings. The quantitative estimate of drug-likeness (QED) is 0.652. The average Bonchev–Trinajstić information content (AvgIpc) is 2.27. The number of anilines is 2. The number of hydrogen-bond donors (Lipinski definition) is 2. The Hall–Kier alpha value is -1.57. The summed E-state index contributed by atoms with van der Waals surface area (Å²) in [5.74, 6) is 6.25. The first kappa shape index (κ1) is 15.5. The van der Waals surface area contributed by atoms with Crippen molar-refractivity contribution in [1.29, 1.82) is 0 Å². The van der Waals surface area contributed by atoms with Crippen molar-refractivity contribution in [2.24, 2.45) is 5.84 Å². The predicted molar refractivity (Wildman–Crippen MR) is 67.9 cm³/mol. The zero-order chi connectivity index (χ0) is 14.8. The lowest BCUT2D eigenvalue weighted by molar-refractivity contribution is -0.120. The number of aromatic nitrogens is 2. The van der Waals surface area contributed by atoms with Gasteiger partial charge in [0.1, 0.15) is 24.0 Å². The molecule has 0 aromatic carbocycles. The van der Waals surface area contributed by atoms with Gasteiger partial charge in [-0.25, -0.2) is 15.8 Å². The third-order valence-electron chi connectivity index (χ3n) is 2.61. The number of rotatable bonds is 4. The molecule has 19 heavy (non-hydrogen) atoms. The van der Waals surface area contributed by atoms with Crippen molar-refractivity contribution in [1.82, 2.24) is 9.97 Å². The summed E-state index contributed by atoms with van der Waals surface area (Å²) in [5.41, 5.74) is 2.87. The molecule has 0 unspecified atom stereocenters. The number of nitrogens with one attached hydrogen (secondary N) is 1. The molecule has 0 amide bonds. The third-order valence-corrected chi connectivity index (χ3v) is 2.61. The topological polar surface area (TPSA) is 67.1 Å². The Bertz CT molecular complexity index is 445. The van der Waals surface area contributed by atoms with Gasteiger partial charge in [-0.1, -0.05) is 0 Å². The maximum atomic E-state index is 12.6. The first-order valence-electron chi connectivity index (χ1n) is 5.81. The largest absolute Gasteiger partial charge is 0.405 e. The van der Waals surface area contributed by atoms with Crippen molar-refractivity contribution in [2.75, 3.05) is 16.9 Å². The highest BCUT2D eigenvalue weighted by Crippen LogP contribution is 2.28. The fraction of sp³-hybridized carbons (Fsp3) is 0.636. The van der Waals surface area contributed by atoms with E-state index in [1.165, 1.54) is 4.90 Å². The van der Waals surface area contributed by atoms with Gasteiger partial charge in [0.05, 0.1) is 0 Å². The van der Waals surface area contributed by atoms with Crippen LogP contribution in [0.25, 0.3) is 0 Å². The number of alkyl halides is 3. The van der Waals surface area contributed by atoms with Gasteiger partial charge >= 0.3 is 6.18 Å². The fourth-order valence-corrected chi connectivity index (χ4v) is 1.73. The maximum absolute atomic E-state index is 12.6. The second kappa shape index (κ2) is 5.60. The lowest BCUT2D eigenvalue weighted by atomic mass is 10.2. The van der Waals surface area contributed by atoms with E-state index < -0.39 is 12.7 Å². The second-order valence-electron chi connectivity index (χ2n) is 4.55. The van der Waals surface area contributed by atoms with E-state index in [9.17, 15) is 13.2 Å². The van der Waals surface area contributed by atoms with Crippen LogP contribution in [0.4, 0.5) is 24.8 Å². The Balaban J connectivity index is 3.26. The maximum Gasteiger partial charge on any atom is 0.405 e. The zero-order valence-electron chi connectivity index (χ0n) is 11.3. The molecule has 108 valence electrons. The molecule has 0 saturated heterocycles. The van der Waals surface area contributed by atoms with E-state index in [1.807, 2.05) is 0 Å². The summed E-state index contributed by atoms with van der Waals surface area (Å²) >= 11 is 0. The van der Waals surface area contributed by atoms with Crippen LogP contribution in [0.5, 0.6) is 0 Å². The minimum Gasteiger partial charge on any atom is -0.345 e. The molecule has 0 spiro atoms. The van der Waals surface area contributed by atoms with Crippen molar-refractivity contribution < 1.29 is 13.2 Å². The zero-order valence-corrected chi connectivity index (χ0v) is 11.3. The van der Waals surface area contributed by atoms with Gasteiger partial charge in [-0.2, -0.15) is 13.2 Å². The standard InChI is InChI=1S/C11H18F3N5/c1-6(2)19(5-11(12,13)14)10-7(3)9(18-15)16-8(4)17-10/h6H,5,15H2,1-4H3,(H,16,17,18). The molecular formula is C11H18F3N5. The van der Waals surface area contributed by atoms with E-state index in [1.54, 1.807) is 27.7 Å². The van der Waals surface area contributed by atoms with Crippen molar-refractivity contribution in [3.8, 4) is 0 Å². The predicted octanol–water partition coefficient (Wildman–Crippen LogP) is 2.16. The Morgan fingerprint density at radius 3 is 2.26 bits per heavy atom. The highest BCUT2D eigenvalue weighted by Gasteiger charge is 2.33. The average molecular weight is 277 g/mol. The minimum absolute atomic E-state index is 0.243. The van der Waals surface area contributed by atoms with E-state index in [4.69, 9.17) is 5.84 Å². The summed E-state index contributed by atoms with van der Waals surface area (Å²) in [5, 5.41) is 0. The smallest absolute Gasteiger partial charge is 0.345 e. The summed E-state index contributed by atoms with van der Waals surface area (Å²) < 4.78 is 37.9. The number of halogens is 3. The van der Waals surface area contributed by atoms with Crippen molar-refractivity contribution in [3.05, 3.63) is 11.4 Å². The summed E-state index contributed by atoms with van der Waals surface area (Å²) in [6, 6.07) is -0.347. The Labute approximate surface area is 110 Å². The first-order valence-corrected chi connectivity index (χ1v) is 5.81. The molecule has 1 heterocycles. The van der Waals surface area contributed by atoms with Crippen molar-refractivity contribution in [2.45, 2.75) is 39.9 Å². The molecule has 3 N–H and O–H groups in total. The van der Waals surface area contributed by atoms with Crippen molar-refractivity contribution in [3.63, 3.8) is 0 Å². The Kier molecular flexibility index (Phi) is 4.56. The van der Waals surface area contributed by atoms with Gasteiger partial charge < -0.3 is 10.3 Å². The van der Waals surface area contributed by atoms with Crippen molar-refractivity contribution >= 4 is 11.6 Å². The Morgan fingerprint density at radius 1 is 1.26 bits per heavy atom. The van der Waals surface area contributed by atoms with Crippen LogP contribution in [0.1, 0.15) is 25.2 Å². The molecule has 0 aliphatic rings. The van der Waals surface area contributed by atoms with Gasteiger partial charge in [-0.15, -0.1) is 0 Å². The van der Waals surface area contributed by atoms with Crippen LogP contribution in [0.15, 0.2) is 0 Å². The number of nitrogen functional groups attached to an aromatic ring is 1. The van der Waals surface area contributed by atoms with Crippen LogP contribution >= 0.6 is 0 Å². The van der Waals surface area contributed by atoms with Gasteiger partial charge in [0, 0.05) is 11.6 Å². The van der Waals surface area contributed by atoms with E-state index in [0.717, 1.165) is 0 Å². The van der Waals surface area contributed by atoms with E-state index >= 15 is 0 Å². The molecule has 0 aliphatic carbocycles. The minimum atomic E-state index is -4.30. The van der Waals surface area contributed by atoms with Crippen LogP contribution in [0, 0.1) is 13.8 Å². The lowest BCUT2D eigenvalue weighted by Gasteiger charge is -2.30. The second-order valence-corrected chi connectivity index (χ2v) is 4.55. The lowest BCUT2D eigenvalue weighted by Crippen LogP contribution is -2.40. The monoisotopic (exact) mass is 277 g/mol. The molecule has 0 bridgehead atoms. The summed E-state index contributed by atoms with van der Waals surface area (Å²) in [6.45, 7) is 5.54. The summed E-state index contributed by atoms with van der Waals surface area (Å²) in [4.78, 5) is 9.33. The van der Waals surface area contributed by atoms with Crippen LogP contribution in [0.3, 0.4) is 0 Å². The van der Waals surface area contributed by atoms with E-state index in [2.05, 4.69) is 15.4 Å². The molecule has 0 atom stereocenters. The molecular weight excluding hydrogens is 259 g/mol. The molecule has 0 radical (unpaired) electrons. The summed E-state index contributed by atoms with van der Waals surface area (Å²) in [6.07, 6.45) is -4.30. The molecule has 5 nitrogen and oxygen atoms in total. The third kappa shape index (κ3) is 3.95. The molecule has 0 fully saturated rings. The van der Waals surface area contributed by atoms with E-state index in [0.29, 0.717) is 17.2 Å². The van der Waals surface area contributed by atoms with Crippen LogP contribution in [0.2, 0.25) is 0 Å². The molecule has 1 rings (SSSR count). The highest BCUT2D eigenvalue weighted by molar-refractivity contribution is 5.58. The molecule has 0 aliphatic heterocycles. The van der Waals surface area contributed by atoms with Gasteiger partial charge in [0.2, 0.25) is 0 Å². The normalized spacial score (nSPS) is 11.8. The highest BCUT2D eigenvalue weighted by atomic mass is 19.4. The molecule has 1 aromatic heterocycles. The number of hydrogen-bond acceptors (Lipinski definition) is 5. The molecule has 0 saturated carbocycles. The molecule has 8 heteroatoms. The number of nitrogens with zero attached hydrogens (tertiary/aromatic N) is 3. The number of aryl methyl sites for hydroxylation is 1. The Morgan fingerprint density at radius 2 is 1.84 bits per heavy atom. The first-order chi connectivity index (χ1) is 8.65. The fourth-order valence-electron chi connectivity index (χ4n) is 1.73. The van der Waals surface area contributed by atoms with E-state index in [-0.39, 0.29) is 11.9 Å². The van der Waals surface area contributed by atoms with Crippen LogP contribution < -0.4 is 16.2 Å².